The van der Waals surface area contributed by atoms with E-state index in [1.165, 1.54) is 25.7 Å². The van der Waals surface area contributed by atoms with Gasteiger partial charge in [0.1, 0.15) is 0 Å². The summed E-state index contributed by atoms with van der Waals surface area (Å²) < 4.78 is 0. The summed E-state index contributed by atoms with van der Waals surface area (Å²) in [6.45, 7) is 29.5. The Morgan fingerprint density at radius 1 is 0.475 bits per heavy atom. The summed E-state index contributed by atoms with van der Waals surface area (Å²) in [6.07, 6.45) is 5.05. The summed E-state index contributed by atoms with van der Waals surface area (Å²) in [5.41, 5.74) is 8.08. The van der Waals surface area contributed by atoms with Gasteiger partial charge in [-0.05, 0) is 62.4 Å². The second kappa shape index (κ2) is 20.3. The Morgan fingerprint density at radius 2 is 0.700 bits per heavy atom. The van der Waals surface area contributed by atoms with E-state index in [1.54, 1.807) is 22.3 Å². The Hall–Kier alpha value is 1.26. The summed E-state index contributed by atoms with van der Waals surface area (Å²) in [5.74, 6) is 2.97. The molecule has 0 aromatic rings. The van der Waals surface area contributed by atoms with Crippen LogP contribution in [-0.4, -0.2) is 28.6 Å². The van der Waals surface area contributed by atoms with Crippen LogP contribution < -0.4 is 0 Å². The van der Waals surface area contributed by atoms with Crippen LogP contribution in [0.25, 0.3) is 9.96 Å². The molecule has 3 aliphatic rings. The van der Waals surface area contributed by atoms with Gasteiger partial charge in [0, 0.05) is 0 Å². The van der Waals surface area contributed by atoms with Crippen molar-refractivity contribution in [3.63, 3.8) is 0 Å². The predicted molar refractivity (Wildman–Crippen MR) is 187 cm³/mol. The van der Waals surface area contributed by atoms with Gasteiger partial charge in [0.15, 0.2) is 0 Å². The van der Waals surface area contributed by atoms with Crippen LogP contribution in [0, 0.1) is 68.2 Å². The maximum Gasteiger partial charge on any atom is 4.00 e. The molecule has 1 fully saturated rings. The van der Waals surface area contributed by atoms with E-state index < -0.39 is 16.5 Å². The van der Waals surface area contributed by atoms with Gasteiger partial charge in [0.05, 0.1) is 0 Å². The molecule has 0 aromatic heterocycles. The minimum atomic E-state index is -1.65. The maximum atomic E-state index is 5.64. The Bertz CT molecular complexity index is 706. The molecule has 0 spiro atoms. The molecular formula is C34H70N2Si2Ti2. The number of allylic oxidation sites excluding steroid dienone is 4. The second-order valence-corrected chi connectivity index (χ2v) is 21.4. The summed E-state index contributed by atoms with van der Waals surface area (Å²) in [6, 6.07) is 1.16. The SMILES string of the molecule is CC1=C(C)C([Si](C)(C)[N-]C2CCC([N-][Si](C)(C)C3C(C)=C(C)C(C)C3C)CC2)C(C)C1C.[CH3-].[CH3-].[CH3-].[CH3-].[CH3-].[CH3-].[Ti+4].[Ti+4]. The summed E-state index contributed by atoms with van der Waals surface area (Å²) >= 11 is 0. The molecule has 0 aromatic carbocycles. The van der Waals surface area contributed by atoms with Gasteiger partial charge >= 0.3 is 43.4 Å². The fourth-order valence-corrected chi connectivity index (χ4v) is 16.6. The third kappa shape index (κ3) is 10.7. The first-order valence-corrected chi connectivity index (χ1v) is 19.5. The van der Waals surface area contributed by atoms with E-state index >= 15 is 0 Å². The van der Waals surface area contributed by atoms with E-state index in [1.807, 2.05) is 0 Å². The van der Waals surface area contributed by atoms with Crippen molar-refractivity contribution in [1.29, 1.82) is 0 Å². The van der Waals surface area contributed by atoms with Crippen molar-refractivity contribution in [1.82, 2.24) is 0 Å². The van der Waals surface area contributed by atoms with E-state index in [4.69, 9.17) is 9.96 Å². The molecule has 6 atom stereocenters. The second-order valence-electron chi connectivity index (χ2n) is 13.0. The third-order valence-electron chi connectivity index (χ3n) is 10.4. The molecule has 0 saturated heterocycles. The first-order valence-electron chi connectivity index (χ1n) is 13.5. The van der Waals surface area contributed by atoms with Gasteiger partial charge in [-0.2, -0.15) is 0 Å². The molecule has 6 heteroatoms. The van der Waals surface area contributed by atoms with Crippen molar-refractivity contribution in [2.45, 2.75) is 130 Å². The molecule has 0 heterocycles. The standard InChI is InChI=1S/C28H52N2Si2.6CH3.2Ti/c1-17-18(2)22(6)27(21(17)5)31(9,10)29-25-13-15-26(16-14-25)30-32(11,12)28-23(7)19(3)20(4)24(28)8;;;;;;;;/h17,19,21,23,25-28H,13-16H2,1-12H3;6*1H3;;/q-2;6*-1;2*+4. The normalized spacial score (nSPS) is 31.5. The fourth-order valence-electron chi connectivity index (χ4n) is 8.13. The van der Waals surface area contributed by atoms with Crippen molar-refractivity contribution in [3.05, 3.63) is 76.8 Å². The molecule has 232 valence electrons. The maximum absolute atomic E-state index is 5.64. The van der Waals surface area contributed by atoms with Gasteiger partial charge in [0.25, 0.3) is 0 Å². The van der Waals surface area contributed by atoms with E-state index in [2.05, 4.69) is 81.6 Å². The third-order valence-corrected chi connectivity index (χ3v) is 17.4. The van der Waals surface area contributed by atoms with Gasteiger partial charge in [-0.25, -0.2) is 0 Å². The van der Waals surface area contributed by atoms with Crippen LogP contribution in [0.1, 0.15) is 81.1 Å². The van der Waals surface area contributed by atoms with Gasteiger partial charge in [-0.1, -0.05) is 118 Å². The number of rotatable bonds is 6. The number of hydrogen-bond donors (Lipinski definition) is 0. The van der Waals surface area contributed by atoms with E-state index in [0.717, 1.165) is 34.8 Å². The Kier molecular flexibility index (Phi) is 27.3. The monoisotopic (exact) mass is 658 g/mol. The summed E-state index contributed by atoms with van der Waals surface area (Å²) in [4.78, 5) is 11.3. The topological polar surface area (TPSA) is 28.2 Å². The van der Waals surface area contributed by atoms with Crippen molar-refractivity contribution < 1.29 is 43.4 Å². The van der Waals surface area contributed by atoms with Crippen LogP contribution in [-0.2, 0) is 43.4 Å². The summed E-state index contributed by atoms with van der Waals surface area (Å²) in [5, 5.41) is 0. The number of nitrogens with zero attached hydrogens (tertiary/aromatic N) is 2. The zero-order valence-corrected chi connectivity index (χ0v) is 35.5. The first-order chi connectivity index (χ1) is 14.7. The molecule has 2 nitrogen and oxygen atoms in total. The van der Waals surface area contributed by atoms with E-state index in [-0.39, 0.29) is 88.0 Å². The molecule has 0 amide bonds. The molecule has 0 N–H and O–H groups in total. The molecule has 0 bridgehead atoms. The minimum absolute atomic E-state index is 0. The molecule has 3 rings (SSSR count). The number of hydrogen-bond acceptors (Lipinski definition) is 0. The average Bonchev–Trinajstić information content (AvgIpc) is 3.02. The fraction of sp³-hybridized carbons (Fsp3) is 0.706. The van der Waals surface area contributed by atoms with Crippen LogP contribution in [0.4, 0.5) is 0 Å². The summed E-state index contributed by atoms with van der Waals surface area (Å²) in [7, 11) is -3.30. The van der Waals surface area contributed by atoms with Gasteiger partial charge in [0.2, 0.25) is 0 Å². The van der Waals surface area contributed by atoms with Crippen molar-refractivity contribution >= 4 is 16.5 Å². The van der Waals surface area contributed by atoms with Crippen molar-refractivity contribution in [3.8, 4) is 0 Å². The molecule has 0 aliphatic heterocycles. The zero-order chi connectivity index (χ0) is 24.2. The largest absolute Gasteiger partial charge is 4.00 e. The van der Waals surface area contributed by atoms with E-state index in [0.29, 0.717) is 12.1 Å². The minimum Gasteiger partial charge on any atom is -0.661 e. The van der Waals surface area contributed by atoms with Crippen molar-refractivity contribution in [2.24, 2.45) is 23.7 Å². The molecule has 0 radical (unpaired) electrons. The van der Waals surface area contributed by atoms with Gasteiger partial charge < -0.3 is 54.5 Å². The Morgan fingerprint density at radius 3 is 0.875 bits per heavy atom. The van der Waals surface area contributed by atoms with E-state index in [9.17, 15) is 0 Å². The smallest absolute Gasteiger partial charge is 0.661 e. The Balaban J connectivity index is -0.000000361. The van der Waals surface area contributed by atoms with Crippen molar-refractivity contribution in [2.75, 3.05) is 0 Å². The molecule has 40 heavy (non-hydrogen) atoms. The van der Waals surface area contributed by atoms with Crippen LogP contribution in [0.15, 0.2) is 22.3 Å². The average molecular weight is 659 g/mol. The first kappa shape index (κ1) is 53.8. The van der Waals surface area contributed by atoms with Gasteiger partial charge in [-0.15, -0.1) is 12.1 Å². The Labute approximate surface area is 288 Å². The van der Waals surface area contributed by atoms with Crippen LogP contribution in [0.2, 0.25) is 37.3 Å². The molecule has 3 aliphatic carbocycles. The van der Waals surface area contributed by atoms with Crippen LogP contribution in [0.3, 0.4) is 0 Å². The van der Waals surface area contributed by atoms with Crippen LogP contribution in [0.5, 0.6) is 0 Å². The molecular weight excluding hydrogens is 588 g/mol. The quantitative estimate of drug-likeness (QED) is 0.154. The molecule has 6 unspecified atom stereocenters. The van der Waals surface area contributed by atoms with Crippen LogP contribution >= 0.6 is 0 Å². The van der Waals surface area contributed by atoms with Gasteiger partial charge in [-0.3, -0.25) is 0 Å². The predicted octanol–water partition coefficient (Wildman–Crippen LogP) is 12.1. The zero-order valence-electron chi connectivity index (χ0n) is 30.3. The molecule has 1 saturated carbocycles.